The first-order chi connectivity index (χ1) is 22.4. The van der Waals surface area contributed by atoms with Gasteiger partial charge in [0.15, 0.2) is 21.9 Å². The Kier molecular flexibility index (Phi) is 10.6. The number of hydrogen-bond acceptors (Lipinski definition) is 14. The number of nitrogens with one attached hydrogen (secondary N) is 3. The average molecular weight is 692 g/mol. The lowest BCUT2D eigenvalue weighted by atomic mass is 9.88. The van der Waals surface area contributed by atoms with Crippen LogP contribution < -0.4 is 38.4 Å². The van der Waals surface area contributed by atoms with Gasteiger partial charge in [-0.15, -0.1) is 14.5 Å². The second-order valence-corrected chi connectivity index (χ2v) is 13.7. The van der Waals surface area contributed by atoms with E-state index < -0.39 is 35.1 Å². The van der Waals surface area contributed by atoms with Crippen LogP contribution in [-0.2, 0) is 32.2 Å². The number of nitrogens with zero attached hydrogens (tertiary/aromatic N) is 9. The predicted molar refractivity (Wildman–Crippen MR) is 172 cm³/mol. The molecule has 21 heteroatoms. The Morgan fingerprint density at radius 1 is 1.15 bits per heavy atom. The lowest BCUT2D eigenvalue weighted by Gasteiger charge is -2.39. The van der Waals surface area contributed by atoms with Crippen molar-refractivity contribution < 1.29 is 18.9 Å². The van der Waals surface area contributed by atoms with Gasteiger partial charge >= 0.3 is 0 Å². The summed E-state index contributed by atoms with van der Waals surface area (Å²) in [6.07, 6.45) is 1.29. The summed E-state index contributed by atoms with van der Waals surface area (Å²) in [6.45, 7) is 1.87. The van der Waals surface area contributed by atoms with Gasteiger partial charge in [-0.05, 0) is 37.0 Å². The SMILES string of the molecule is CN(C)[S+]([O-])c1ccc2c(c1)CCN2C(=O)CCC(=O)N1CCC2(CC1)CN(N)C(NC(=O)C1NC(Cl)=C(N=NN)N=C1N=NN)N2. The number of carbonyl (C=O) groups excluding carboxylic acids is 3. The van der Waals surface area contributed by atoms with Gasteiger partial charge in [-0.3, -0.25) is 25.5 Å². The molecule has 4 aliphatic heterocycles. The molecule has 3 amide bonds. The number of halogens is 1. The van der Waals surface area contributed by atoms with Crippen LogP contribution in [0.2, 0.25) is 0 Å². The second-order valence-electron chi connectivity index (χ2n) is 11.7. The van der Waals surface area contributed by atoms with Crippen LogP contribution in [0.1, 0.15) is 31.2 Å². The van der Waals surface area contributed by atoms with Gasteiger partial charge in [0.25, 0.3) is 5.91 Å². The first-order valence-electron chi connectivity index (χ1n) is 14.8. The summed E-state index contributed by atoms with van der Waals surface area (Å²) in [6, 6.07) is 4.33. The molecule has 0 radical (unpaired) electrons. The van der Waals surface area contributed by atoms with Gasteiger partial charge in [0.1, 0.15) is 6.29 Å². The van der Waals surface area contributed by atoms with Gasteiger partial charge in [-0.1, -0.05) is 22.0 Å². The number of amidine groups is 1. The molecular formula is C26H38ClN15O4S. The van der Waals surface area contributed by atoms with Gasteiger partial charge in [0, 0.05) is 70.4 Å². The summed E-state index contributed by atoms with van der Waals surface area (Å²) in [4.78, 5) is 47.6. The fourth-order valence-corrected chi connectivity index (χ4v) is 7.11. The van der Waals surface area contributed by atoms with Crippen LogP contribution in [0.25, 0.3) is 0 Å². The zero-order chi connectivity index (χ0) is 33.9. The number of rotatable bonds is 8. The summed E-state index contributed by atoms with van der Waals surface area (Å²) in [7, 11) is 3.49. The largest absolute Gasteiger partial charge is 0.593 e. The van der Waals surface area contributed by atoms with E-state index in [0.29, 0.717) is 50.3 Å². The smallest absolute Gasteiger partial charge is 0.252 e. The molecule has 9 N–H and O–H groups in total. The van der Waals surface area contributed by atoms with E-state index in [0.717, 1.165) is 11.3 Å². The Morgan fingerprint density at radius 2 is 1.85 bits per heavy atom. The van der Waals surface area contributed by atoms with Gasteiger partial charge in [-0.25, -0.2) is 10.0 Å². The van der Waals surface area contributed by atoms with Crippen molar-refractivity contribution in [3.63, 3.8) is 0 Å². The van der Waals surface area contributed by atoms with E-state index in [1.807, 2.05) is 12.1 Å². The lowest BCUT2D eigenvalue weighted by Crippen LogP contribution is -2.60. The molecule has 1 spiro atoms. The van der Waals surface area contributed by atoms with Crippen molar-refractivity contribution in [1.29, 1.82) is 0 Å². The molecule has 47 heavy (non-hydrogen) atoms. The Labute approximate surface area is 278 Å². The maximum Gasteiger partial charge on any atom is 0.252 e. The third kappa shape index (κ3) is 7.48. The minimum absolute atomic E-state index is 0.0762. The van der Waals surface area contributed by atoms with Crippen LogP contribution in [-0.4, -0.2) is 100 Å². The van der Waals surface area contributed by atoms with Crippen LogP contribution in [0.3, 0.4) is 0 Å². The van der Waals surface area contributed by atoms with Crippen molar-refractivity contribution in [1.82, 2.24) is 30.2 Å². The quantitative estimate of drug-likeness (QED) is 0.0624. The molecule has 3 unspecified atom stereocenters. The molecule has 3 atom stereocenters. The molecule has 5 rings (SSSR count). The van der Waals surface area contributed by atoms with Crippen molar-refractivity contribution >= 4 is 52.2 Å². The fourth-order valence-electron chi connectivity index (χ4n) is 6.07. The number of aliphatic imine (C=N–C) groups is 1. The number of hydrazine groups is 1. The molecule has 0 aliphatic carbocycles. The van der Waals surface area contributed by atoms with Crippen molar-refractivity contribution in [3.8, 4) is 0 Å². The maximum absolute atomic E-state index is 13.2. The molecule has 4 aliphatic rings. The first kappa shape index (κ1) is 34.4. The van der Waals surface area contributed by atoms with Crippen LogP contribution in [0.4, 0.5) is 5.69 Å². The minimum atomic E-state index is -1.26. The minimum Gasteiger partial charge on any atom is -0.593 e. The normalized spacial score (nSPS) is 23.5. The van der Waals surface area contributed by atoms with Crippen LogP contribution >= 0.6 is 11.6 Å². The number of carbonyl (C=O) groups is 3. The molecular weight excluding hydrogens is 654 g/mol. The highest BCUT2D eigenvalue weighted by Gasteiger charge is 2.46. The Balaban J connectivity index is 1.11. The van der Waals surface area contributed by atoms with Gasteiger partial charge < -0.3 is 36.7 Å². The molecule has 2 saturated heterocycles. The molecule has 2 fully saturated rings. The fraction of sp³-hybridized carbons (Fsp3) is 0.538. The average Bonchev–Trinajstić information content (AvgIpc) is 3.60. The topological polar surface area (TPSA) is 263 Å². The number of amides is 3. The van der Waals surface area contributed by atoms with Crippen molar-refractivity contribution in [3.05, 3.63) is 34.7 Å². The van der Waals surface area contributed by atoms with E-state index in [-0.39, 0.29) is 41.5 Å². The summed E-state index contributed by atoms with van der Waals surface area (Å²) < 4.78 is 14.1. The molecule has 254 valence electrons. The van der Waals surface area contributed by atoms with Gasteiger partial charge in [-0.2, -0.15) is 0 Å². The van der Waals surface area contributed by atoms with Crippen LogP contribution in [0, 0.1) is 0 Å². The monoisotopic (exact) mass is 691 g/mol. The Bertz CT molecular complexity index is 1510. The number of piperidine rings is 1. The molecule has 19 nitrogen and oxygen atoms in total. The number of hydrogen-bond donors (Lipinski definition) is 6. The van der Waals surface area contributed by atoms with Crippen molar-refractivity contribution in [2.75, 3.05) is 45.2 Å². The zero-order valence-electron chi connectivity index (χ0n) is 25.9. The molecule has 0 bridgehead atoms. The summed E-state index contributed by atoms with van der Waals surface area (Å²) in [5, 5.41) is 23.9. The van der Waals surface area contributed by atoms with E-state index in [2.05, 4.69) is 41.6 Å². The summed E-state index contributed by atoms with van der Waals surface area (Å²) >= 11 is 4.87. The summed E-state index contributed by atoms with van der Waals surface area (Å²) in [5.41, 5.74) is 1.32. The van der Waals surface area contributed by atoms with E-state index in [4.69, 9.17) is 29.1 Å². The first-order valence-corrected chi connectivity index (χ1v) is 16.3. The number of anilines is 1. The van der Waals surface area contributed by atoms with Crippen molar-refractivity contribution in [2.24, 2.45) is 43.2 Å². The molecule has 1 aromatic rings. The molecule has 0 saturated carbocycles. The zero-order valence-corrected chi connectivity index (χ0v) is 27.5. The van der Waals surface area contributed by atoms with E-state index >= 15 is 0 Å². The highest BCUT2D eigenvalue weighted by Crippen LogP contribution is 2.32. The third-order valence-corrected chi connectivity index (χ3v) is 10.1. The van der Waals surface area contributed by atoms with E-state index in [1.54, 1.807) is 34.3 Å². The highest BCUT2D eigenvalue weighted by atomic mass is 35.5. The molecule has 0 aromatic heterocycles. The van der Waals surface area contributed by atoms with E-state index in [9.17, 15) is 18.9 Å². The van der Waals surface area contributed by atoms with Crippen LogP contribution in [0.15, 0.2) is 59.7 Å². The Morgan fingerprint density at radius 3 is 2.53 bits per heavy atom. The highest BCUT2D eigenvalue weighted by molar-refractivity contribution is 7.89. The third-order valence-electron chi connectivity index (χ3n) is 8.47. The summed E-state index contributed by atoms with van der Waals surface area (Å²) in [5.74, 6) is 15.5. The second kappa shape index (κ2) is 14.5. The number of likely N-dealkylation sites (tertiary alicyclic amines) is 1. The lowest BCUT2D eigenvalue weighted by molar-refractivity contribution is -0.134. The standard InChI is InChI=1S/C26H38ClN15O4S/c1-39(2)47(46)16-3-4-17-15(13-16)7-10-41(17)19(44)6-5-18(43)40-11-8-26(9-12-40)14-42(30)25(34-26)33-24(45)20-22(35-37-28)32-23(36-38-29)21(27)31-20/h3-4,13,20,25,31,34H,5-12,14,30H2,1-2H3,(H2,29,36)(H,33,45)(H2,28,32,35). The molecule has 1 aromatic carbocycles. The van der Waals surface area contributed by atoms with Crippen LogP contribution in [0.5, 0.6) is 0 Å². The van der Waals surface area contributed by atoms with Gasteiger partial charge in [0.05, 0.1) is 11.4 Å². The number of benzene rings is 1. The molecule has 4 heterocycles. The maximum atomic E-state index is 13.2. The Hall–Kier alpha value is -3.92. The van der Waals surface area contributed by atoms with Crippen molar-refractivity contribution in [2.45, 2.75) is 54.9 Å². The number of fused-ring (bicyclic) bond motifs is 1. The predicted octanol–water partition coefficient (Wildman–Crippen LogP) is -1.13. The van der Waals surface area contributed by atoms with E-state index in [1.165, 1.54) is 5.01 Å². The van der Waals surface area contributed by atoms with Gasteiger partial charge in [0.2, 0.25) is 17.6 Å². The number of nitrogens with two attached hydrogens (primary N) is 3.